The average Bonchev–Trinajstić information content (AvgIpc) is 2.84. The number of rotatable bonds is 12. The zero-order chi connectivity index (χ0) is 28.5. The van der Waals surface area contributed by atoms with Crippen LogP contribution >= 0.6 is 0 Å². The van der Waals surface area contributed by atoms with Gasteiger partial charge in [-0.25, -0.2) is 9.80 Å². The molecule has 0 saturated carbocycles. The van der Waals surface area contributed by atoms with E-state index in [-0.39, 0.29) is 48.0 Å². The van der Waals surface area contributed by atoms with Gasteiger partial charge in [0.25, 0.3) is 11.8 Å². The van der Waals surface area contributed by atoms with Crippen LogP contribution in [0.15, 0.2) is 33.5 Å². The number of nitrogens with zero attached hydrogens (tertiary/aromatic N) is 1. The first-order valence-electron chi connectivity index (χ1n) is 12.2. The molecule has 3 amide bonds. The number of amides is 3. The molecule has 0 bridgehead atoms. The second-order valence-corrected chi connectivity index (χ2v) is 9.19. The molecule has 2 aromatic rings. The highest BCUT2D eigenvalue weighted by Gasteiger charge is 2.43. The van der Waals surface area contributed by atoms with Crippen molar-refractivity contribution in [3.63, 3.8) is 0 Å². The second kappa shape index (κ2) is 13.8. The standard InChI is InChI=1S/C25H33F3N4O6/c1-15(2)12-19(29)22(34)31-32(24(36)25(26,27)28)11-7-5-4-6-10-30-21(33)18-13-16-8-9-17(37-3)14-20(16)38-23(18)35/h8-9,13-15,19H,4-7,10-12,29H2,1-3H3,(H,30,33)(H,31,34)/t19-/m0/s1. The Morgan fingerprint density at radius 2 is 1.79 bits per heavy atom. The number of unbranched alkanes of at least 4 members (excludes halogenated alkanes) is 3. The van der Waals surface area contributed by atoms with Crippen molar-refractivity contribution in [1.82, 2.24) is 15.8 Å². The quantitative estimate of drug-likeness (QED) is 0.213. The molecular weight excluding hydrogens is 509 g/mol. The summed E-state index contributed by atoms with van der Waals surface area (Å²) in [4.78, 5) is 48.4. The van der Waals surface area contributed by atoms with Gasteiger partial charge in [0.2, 0.25) is 0 Å². The van der Waals surface area contributed by atoms with Crippen molar-refractivity contribution in [2.45, 2.75) is 58.2 Å². The van der Waals surface area contributed by atoms with E-state index in [1.807, 2.05) is 19.3 Å². The molecule has 0 aliphatic carbocycles. The Morgan fingerprint density at radius 1 is 1.11 bits per heavy atom. The summed E-state index contributed by atoms with van der Waals surface area (Å²) < 4.78 is 49.1. The van der Waals surface area contributed by atoms with Gasteiger partial charge in [-0.2, -0.15) is 13.2 Å². The lowest BCUT2D eigenvalue weighted by Gasteiger charge is -2.26. The number of nitrogens with one attached hydrogen (secondary N) is 2. The van der Waals surface area contributed by atoms with Crippen LogP contribution in [0.25, 0.3) is 11.0 Å². The van der Waals surface area contributed by atoms with Crippen LogP contribution in [0, 0.1) is 5.92 Å². The third-order valence-electron chi connectivity index (χ3n) is 5.58. The number of nitrogens with two attached hydrogens (primary N) is 1. The first-order valence-corrected chi connectivity index (χ1v) is 12.2. The zero-order valence-electron chi connectivity index (χ0n) is 21.5. The van der Waals surface area contributed by atoms with E-state index < -0.39 is 35.6 Å². The average molecular weight is 543 g/mol. The Labute approximate surface area is 217 Å². The SMILES string of the molecule is COc1ccc2cc(C(=O)NCCCCCCN(NC(=O)[C@@H](N)CC(C)C)C(=O)C(F)(F)F)c(=O)oc2c1. The van der Waals surface area contributed by atoms with Crippen molar-refractivity contribution in [3.8, 4) is 5.75 Å². The van der Waals surface area contributed by atoms with Crippen LogP contribution in [-0.4, -0.2) is 55.1 Å². The smallest absolute Gasteiger partial charge is 0.473 e. The summed E-state index contributed by atoms with van der Waals surface area (Å²) in [6.07, 6.45) is -3.32. The summed E-state index contributed by atoms with van der Waals surface area (Å²) in [5, 5.41) is 3.41. The van der Waals surface area contributed by atoms with Crippen molar-refractivity contribution in [2.75, 3.05) is 20.2 Å². The van der Waals surface area contributed by atoms with Crippen LogP contribution in [0.1, 0.15) is 56.3 Å². The molecule has 2 rings (SSSR count). The van der Waals surface area contributed by atoms with Gasteiger partial charge >= 0.3 is 17.7 Å². The van der Waals surface area contributed by atoms with Gasteiger partial charge in [-0.1, -0.05) is 26.7 Å². The molecule has 0 aliphatic heterocycles. The molecule has 1 aromatic carbocycles. The number of carbonyl (C=O) groups excluding carboxylic acids is 3. The number of ether oxygens (including phenoxy) is 1. The molecule has 0 unspecified atom stereocenters. The Hall–Kier alpha value is -3.61. The minimum atomic E-state index is -5.15. The lowest BCUT2D eigenvalue weighted by molar-refractivity contribution is -0.189. The van der Waals surface area contributed by atoms with E-state index in [1.54, 1.807) is 12.1 Å². The Kier molecular flexibility index (Phi) is 11.1. The van der Waals surface area contributed by atoms with Gasteiger partial charge in [-0.15, -0.1) is 0 Å². The molecule has 0 saturated heterocycles. The van der Waals surface area contributed by atoms with Gasteiger partial charge in [0, 0.05) is 24.5 Å². The maximum Gasteiger partial charge on any atom is 0.473 e. The third-order valence-corrected chi connectivity index (χ3v) is 5.58. The van der Waals surface area contributed by atoms with Crippen molar-refractivity contribution in [3.05, 3.63) is 40.2 Å². The number of halogens is 3. The van der Waals surface area contributed by atoms with Crippen LogP contribution in [0.4, 0.5) is 13.2 Å². The third kappa shape index (κ3) is 9.05. The molecule has 13 heteroatoms. The summed E-state index contributed by atoms with van der Waals surface area (Å²) in [5.74, 6) is -3.11. The zero-order valence-corrected chi connectivity index (χ0v) is 21.5. The van der Waals surface area contributed by atoms with Crippen LogP contribution < -0.4 is 26.8 Å². The number of fused-ring (bicyclic) bond motifs is 1. The topological polar surface area (TPSA) is 144 Å². The molecule has 0 fully saturated rings. The van der Waals surface area contributed by atoms with E-state index in [1.165, 1.54) is 19.2 Å². The van der Waals surface area contributed by atoms with Gasteiger partial charge in [0.15, 0.2) is 0 Å². The number of hydrogen-bond acceptors (Lipinski definition) is 7. The van der Waals surface area contributed by atoms with Gasteiger partial charge < -0.3 is 20.2 Å². The molecule has 10 nitrogen and oxygen atoms in total. The molecule has 1 atom stereocenters. The van der Waals surface area contributed by atoms with Crippen LogP contribution in [0.2, 0.25) is 0 Å². The number of benzene rings is 1. The van der Waals surface area contributed by atoms with E-state index in [2.05, 4.69) is 5.32 Å². The van der Waals surface area contributed by atoms with Crippen molar-refractivity contribution >= 4 is 28.7 Å². The Bertz CT molecular complexity index is 1180. The van der Waals surface area contributed by atoms with Crippen LogP contribution in [0.5, 0.6) is 5.75 Å². The summed E-state index contributed by atoms with van der Waals surface area (Å²) in [7, 11) is 1.47. The number of hydrogen-bond donors (Lipinski definition) is 3. The number of alkyl halides is 3. The van der Waals surface area contributed by atoms with E-state index in [0.717, 1.165) is 0 Å². The minimum absolute atomic E-state index is 0.0444. The highest BCUT2D eigenvalue weighted by Crippen LogP contribution is 2.20. The highest BCUT2D eigenvalue weighted by molar-refractivity contribution is 5.96. The van der Waals surface area contributed by atoms with E-state index >= 15 is 0 Å². The molecule has 0 spiro atoms. The molecule has 0 radical (unpaired) electrons. The second-order valence-electron chi connectivity index (χ2n) is 9.19. The summed E-state index contributed by atoms with van der Waals surface area (Å²) in [5.41, 5.74) is 7.01. The number of hydrazine groups is 1. The predicted octanol–water partition coefficient (Wildman–Crippen LogP) is 2.89. The molecule has 38 heavy (non-hydrogen) atoms. The lowest BCUT2D eigenvalue weighted by atomic mass is 10.0. The van der Waals surface area contributed by atoms with Gasteiger partial charge in [-0.3, -0.25) is 19.8 Å². The van der Waals surface area contributed by atoms with E-state index in [4.69, 9.17) is 14.9 Å². The van der Waals surface area contributed by atoms with E-state index in [0.29, 0.717) is 30.4 Å². The van der Waals surface area contributed by atoms with Crippen molar-refractivity contribution in [2.24, 2.45) is 11.7 Å². The van der Waals surface area contributed by atoms with Gasteiger partial charge in [-0.05, 0) is 43.4 Å². The maximum absolute atomic E-state index is 13.0. The Morgan fingerprint density at radius 3 is 2.42 bits per heavy atom. The van der Waals surface area contributed by atoms with Gasteiger partial charge in [0.05, 0.1) is 13.2 Å². The maximum atomic E-state index is 13.0. The fraction of sp³-hybridized carbons (Fsp3) is 0.520. The first-order chi connectivity index (χ1) is 17.8. The number of methoxy groups -OCH3 is 1. The molecule has 0 aliphatic rings. The van der Waals surface area contributed by atoms with Crippen LogP contribution in [0.3, 0.4) is 0 Å². The minimum Gasteiger partial charge on any atom is -0.497 e. The van der Waals surface area contributed by atoms with E-state index in [9.17, 15) is 32.3 Å². The largest absolute Gasteiger partial charge is 0.497 e. The lowest BCUT2D eigenvalue weighted by Crippen LogP contribution is -2.55. The molecule has 1 aromatic heterocycles. The van der Waals surface area contributed by atoms with Gasteiger partial charge in [0.1, 0.15) is 16.9 Å². The highest BCUT2D eigenvalue weighted by atomic mass is 19.4. The Balaban J connectivity index is 1.82. The summed E-state index contributed by atoms with van der Waals surface area (Å²) in [6.45, 7) is 3.48. The van der Waals surface area contributed by atoms with Crippen LogP contribution in [-0.2, 0) is 9.59 Å². The summed E-state index contributed by atoms with van der Waals surface area (Å²) in [6, 6.07) is 5.23. The predicted molar refractivity (Wildman–Crippen MR) is 133 cm³/mol. The summed E-state index contributed by atoms with van der Waals surface area (Å²) >= 11 is 0. The molecule has 210 valence electrons. The fourth-order valence-corrected chi connectivity index (χ4v) is 3.61. The monoisotopic (exact) mass is 542 g/mol. The number of carbonyl (C=O) groups is 3. The first kappa shape index (κ1) is 30.6. The van der Waals surface area contributed by atoms with Crippen molar-refractivity contribution < 1.29 is 36.7 Å². The molecular formula is C25H33F3N4O6. The normalized spacial score (nSPS) is 12.3. The molecule has 1 heterocycles. The fourth-order valence-electron chi connectivity index (χ4n) is 3.61. The van der Waals surface area contributed by atoms with Crippen molar-refractivity contribution in [1.29, 1.82) is 0 Å². The molecule has 4 N–H and O–H groups in total.